The van der Waals surface area contributed by atoms with Gasteiger partial charge in [0.1, 0.15) is 0 Å². The van der Waals surface area contributed by atoms with E-state index in [1.165, 1.54) is 130 Å². The van der Waals surface area contributed by atoms with Crippen LogP contribution in [0.4, 0.5) is 17.1 Å². The number of benzene rings is 12. The summed E-state index contributed by atoms with van der Waals surface area (Å²) in [6.07, 6.45) is 0. The molecule has 2 heteroatoms. The summed E-state index contributed by atoms with van der Waals surface area (Å²) >= 11 is 1.88. The molecule has 0 unspecified atom stereocenters. The molecule has 0 bridgehead atoms. The molecule has 1 nitrogen and oxygen atoms in total. The van der Waals surface area contributed by atoms with Crippen molar-refractivity contribution in [1.29, 1.82) is 0 Å². The van der Waals surface area contributed by atoms with Gasteiger partial charge >= 0.3 is 0 Å². The van der Waals surface area contributed by atoms with Gasteiger partial charge in [-0.2, -0.15) is 0 Å². The fraction of sp³-hybridized carbons (Fsp3) is 0.0857. The van der Waals surface area contributed by atoms with E-state index in [9.17, 15) is 0 Å². The number of anilines is 3. The summed E-state index contributed by atoms with van der Waals surface area (Å²) in [5.41, 5.74) is 19.0. The van der Waals surface area contributed by atoms with Gasteiger partial charge in [-0.3, -0.25) is 0 Å². The molecular weight excluding hydrogens is 887 g/mol. The molecule has 13 aromatic rings. The van der Waals surface area contributed by atoms with Crippen LogP contribution in [0.25, 0.3) is 108 Å². The third-order valence-corrected chi connectivity index (χ3v) is 17.8. The van der Waals surface area contributed by atoms with Crippen LogP contribution in [0.1, 0.15) is 49.9 Å². The van der Waals surface area contributed by atoms with Crippen molar-refractivity contribution in [3.05, 3.63) is 247 Å². The summed E-state index contributed by atoms with van der Waals surface area (Å²) in [5.74, 6) is 0. The van der Waals surface area contributed by atoms with E-state index in [1.54, 1.807) is 0 Å². The average Bonchev–Trinajstić information content (AvgIpc) is 3.99. The predicted octanol–water partition coefficient (Wildman–Crippen LogP) is 20.1. The van der Waals surface area contributed by atoms with Crippen molar-refractivity contribution in [3.8, 4) is 44.5 Å². The number of nitrogens with zero attached hydrogens (tertiary/aromatic N) is 1. The molecule has 2 aliphatic rings. The van der Waals surface area contributed by atoms with Crippen LogP contribution in [-0.4, -0.2) is 0 Å². The second-order valence-electron chi connectivity index (χ2n) is 21.2. The quantitative estimate of drug-likeness (QED) is 0.155. The highest BCUT2D eigenvalue weighted by atomic mass is 32.1. The maximum Gasteiger partial charge on any atom is 0.0540 e. The Bertz CT molecular complexity index is 4360. The van der Waals surface area contributed by atoms with Crippen LogP contribution in [0.2, 0.25) is 0 Å². The molecule has 0 saturated heterocycles. The zero-order chi connectivity index (χ0) is 48.0. The third kappa shape index (κ3) is 5.82. The van der Waals surface area contributed by atoms with Gasteiger partial charge < -0.3 is 4.90 Å². The Labute approximate surface area is 423 Å². The lowest BCUT2D eigenvalue weighted by Gasteiger charge is -2.31. The van der Waals surface area contributed by atoms with Gasteiger partial charge in [-0.1, -0.05) is 191 Å². The summed E-state index contributed by atoms with van der Waals surface area (Å²) in [4.78, 5) is 2.54. The fourth-order valence-corrected chi connectivity index (χ4v) is 14.2. The van der Waals surface area contributed by atoms with E-state index in [-0.39, 0.29) is 10.8 Å². The van der Waals surface area contributed by atoms with Crippen molar-refractivity contribution in [2.24, 2.45) is 0 Å². The Balaban J connectivity index is 0.990. The molecule has 2 aliphatic carbocycles. The average molecular weight is 936 g/mol. The van der Waals surface area contributed by atoms with Gasteiger partial charge in [-0.15, -0.1) is 11.3 Å². The van der Waals surface area contributed by atoms with E-state index in [0.29, 0.717) is 0 Å². The van der Waals surface area contributed by atoms with Crippen LogP contribution in [0.15, 0.2) is 224 Å². The molecule has 0 aliphatic heterocycles. The zero-order valence-corrected chi connectivity index (χ0v) is 41.5. The first-order valence-corrected chi connectivity index (χ1v) is 26.1. The van der Waals surface area contributed by atoms with Crippen molar-refractivity contribution in [2.45, 2.75) is 38.5 Å². The Morgan fingerprint density at radius 1 is 0.306 bits per heavy atom. The van der Waals surface area contributed by atoms with Gasteiger partial charge in [0, 0.05) is 47.8 Å². The summed E-state index contributed by atoms with van der Waals surface area (Å²) < 4.78 is 2.64. The van der Waals surface area contributed by atoms with Gasteiger partial charge in [0.2, 0.25) is 0 Å². The van der Waals surface area contributed by atoms with E-state index in [4.69, 9.17) is 0 Å². The fourth-order valence-electron chi connectivity index (χ4n) is 13.1. The lowest BCUT2D eigenvalue weighted by atomic mass is 9.82. The minimum Gasteiger partial charge on any atom is -0.310 e. The maximum absolute atomic E-state index is 2.54. The number of rotatable bonds is 5. The van der Waals surface area contributed by atoms with E-state index in [0.717, 1.165) is 17.1 Å². The second-order valence-corrected chi connectivity index (χ2v) is 22.2. The molecule has 0 fully saturated rings. The van der Waals surface area contributed by atoms with E-state index < -0.39 is 0 Å². The van der Waals surface area contributed by atoms with Crippen molar-refractivity contribution >= 4 is 91.7 Å². The van der Waals surface area contributed by atoms with Crippen molar-refractivity contribution < 1.29 is 0 Å². The lowest BCUT2D eigenvalue weighted by molar-refractivity contribution is 0.660. The molecule has 15 rings (SSSR count). The Hall–Kier alpha value is -8.30. The van der Waals surface area contributed by atoms with Gasteiger partial charge in [-0.05, 0) is 165 Å². The maximum atomic E-state index is 2.54. The van der Waals surface area contributed by atoms with Crippen LogP contribution in [-0.2, 0) is 10.8 Å². The molecule has 0 N–H and O–H groups in total. The molecule has 12 aromatic carbocycles. The van der Waals surface area contributed by atoms with Crippen LogP contribution in [0.3, 0.4) is 0 Å². The van der Waals surface area contributed by atoms with Gasteiger partial charge in [0.25, 0.3) is 0 Å². The van der Waals surface area contributed by atoms with Crippen LogP contribution in [0.5, 0.6) is 0 Å². The largest absolute Gasteiger partial charge is 0.310 e. The monoisotopic (exact) mass is 935 g/mol. The number of hydrogen-bond donors (Lipinski definition) is 0. The smallest absolute Gasteiger partial charge is 0.0540 e. The van der Waals surface area contributed by atoms with Gasteiger partial charge in [0.05, 0.1) is 5.69 Å². The highest BCUT2D eigenvalue weighted by molar-refractivity contribution is 7.25. The van der Waals surface area contributed by atoms with E-state index in [1.807, 2.05) is 11.3 Å². The summed E-state index contributed by atoms with van der Waals surface area (Å²) in [5, 5.41) is 12.6. The normalized spacial score (nSPS) is 14.1. The molecule has 0 saturated carbocycles. The van der Waals surface area contributed by atoms with Crippen molar-refractivity contribution in [2.75, 3.05) is 4.90 Å². The molecule has 0 spiro atoms. The minimum absolute atomic E-state index is 0.150. The SMILES string of the molecule is CC1(C)c2ccccc2-c2ccc(N(c3ccc4c(c3)C(C)(C)c3ccccc3-4)c3ccc(-c4c5ccccc5c(-c5ccc6sc7ccccc7c6c5)c5cc6ccccc6cc45)c4ccccc34)cc21. The number of thiophene rings is 1. The molecule has 72 heavy (non-hydrogen) atoms. The first-order valence-electron chi connectivity index (χ1n) is 25.3. The molecule has 0 atom stereocenters. The molecule has 0 radical (unpaired) electrons. The predicted molar refractivity (Wildman–Crippen MR) is 310 cm³/mol. The van der Waals surface area contributed by atoms with Crippen LogP contribution in [0, 0.1) is 0 Å². The zero-order valence-electron chi connectivity index (χ0n) is 40.7. The summed E-state index contributed by atoms with van der Waals surface area (Å²) in [6.45, 7) is 9.54. The molecular formula is C70H49NS. The molecule has 0 amide bonds. The Morgan fingerprint density at radius 3 is 1.42 bits per heavy atom. The van der Waals surface area contributed by atoms with E-state index >= 15 is 0 Å². The van der Waals surface area contributed by atoms with Gasteiger partial charge in [-0.25, -0.2) is 0 Å². The highest BCUT2D eigenvalue weighted by Gasteiger charge is 2.38. The number of fused-ring (bicyclic) bond motifs is 13. The second kappa shape index (κ2) is 15.1. The van der Waals surface area contributed by atoms with Crippen LogP contribution >= 0.6 is 11.3 Å². The highest BCUT2D eigenvalue weighted by Crippen LogP contribution is 2.55. The third-order valence-electron chi connectivity index (χ3n) is 16.6. The van der Waals surface area contributed by atoms with E-state index in [2.05, 4.69) is 257 Å². The standard InChI is InChI=1S/C70H49NS/c1-69(2)60-26-14-11-20-48(60)50-32-30-45(40-62(50)69)71(46-31-33-51-49-21-12-15-27-61(49)70(3,4)63(51)41-46)64-35-34-56(47-19-7-8-22-52(47)64)68-55-25-10-9-24-54(55)67(58-37-42-17-5-6-18-43(42)38-59(58)68)44-29-36-66-57(39-44)53-23-13-16-28-65(53)72-66/h5-41H,1-4H3. The minimum atomic E-state index is -0.150. The van der Waals surface area contributed by atoms with Crippen molar-refractivity contribution in [1.82, 2.24) is 0 Å². The number of hydrogen-bond acceptors (Lipinski definition) is 2. The Kier molecular flexibility index (Phi) is 8.70. The van der Waals surface area contributed by atoms with Crippen LogP contribution < -0.4 is 4.90 Å². The lowest BCUT2D eigenvalue weighted by Crippen LogP contribution is -2.18. The van der Waals surface area contributed by atoms with Crippen molar-refractivity contribution in [3.63, 3.8) is 0 Å². The Morgan fingerprint density at radius 2 is 0.778 bits per heavy atom. The first-order chi connectivity index (χ1) is 35.2. The van der Waals surface area contributed by atoms with Gasteiger partial charge in [0.15, 0.2) is 0 Å². The topological polar surface area (TPSA) is 3.24 Å². The molecule has 1 heterocycles. The summed E-state index contributed by atoms with van der Waals surface area (Å²) in [7, 11) is 0. The summed E-state index contributed by atoms with van der Waals surface area (Å²) in [6, 6.07) is 85.2. The molecule has 340 valence electrons. The first kappa shape index (κ1) is 41.5. The molecule has 1 aromatic heterocycles.